The molecule has 2 rings (SSSR count). The van der Waals surface area contributed by atoms with E-state index < -0.39 is 0 Å². The van der Waals surface area contributed by atoms with Gasteiger partial charge in [-0.25, -0.2) is 0 Å². The van der Waals surface area contributed by atoms with Crippen molar-refractivity contribution in [3.05, 3.63) is 38.8 Å². The third-order valence-electron chi connectivity index (χ3n) is 2.84. The number of carbonyl (C=O) groups excluding carboxylic acids is 1. The fraction of sp³-hybridized carbons (Fsp3) is 0.385. The molecule has 19 heavy (non-hydrogen) atoms. The lowest BCUT2D eigenvalue weighted by atomic mass is 10.4. The second-order valence-corrected chi connectivity index (χ2v) is 6.34. The first-order chi connectivity index (χ1) is 8.95. The molecule has 0 bridgehead atoms. The van der Waals surface area contributed by atoms with Crippen molar-refractivity contribution in [2.24, 2.45) is 0 Å². The van der Waals surface area contributed by atoms with Gasteiger partial charge in [0.2, 0.25) is 5.91 Å². The molecule has 0 aliphatic carbocycles. The first-order valence-electron chi connectivity index (χ1n) is 5.95. The molecule has 4 nitrogen and oxygen atoms in total. The van der Waals surface area contributed by atoms with Gasteiger partial charge in [-0.3, -0.25) is 9.48 Å². The number of rotatable bonds is 4. The standard InChI is InChI=1S/C13H16ClN3OS/c1-9-6-10(2)17(15-9)8-13(18)16(3)7-11-4-5-12(14)19-11/h4-6H,7-8H2,1-3H3. The predicted octanol–water partition coefficient (Wildman–Crippen LogP) is 2.87. The number of aromatic nitrogens is 2. The minimum atomic E-state index is 0.0377. The van der Waals surface area contributed by atoms with Gasteiger partial charge in [-0.05, 0) is 32.0 Å². The largest absolute Gasteiger partial charge is 0.339 e. The monoisotopic (exact) mass is 297 g/mol. The summed E-state index contributed by atoms with van der Waals surface area (Å²) in [5, 5.41) is 4.29. The third-order valence-corrected chi connectivity index (χ3v) is 4.05. The number of hydrogen-bond donors (Lipinski definition) is 0. The summed E-state index contributed by atoms with van der Waals surface area (Å²) in [6, 6.07) is 5.76. The summed E-state index contributed by atoms with van der Waals surface area (Å²) in [6.45, 7) is 4.72. The van der Waals surface area contributed by atoms with Crippen LogP contribution in [0, 0.1) is 13.8 Å². The third kappa shape index (κ3) is 3.58. The Morgan fingerprint density at radius 1 is 1.47 bits per heavy atom. The van der Waals surface area contributed by atoms with E-state index in [9.17, 15) is 4.79 Å². The van der Waals surface area contributed by atoms with Crippen LogP contribution in [0.2, 0.25) is 4.34 Å². The molecule has 2 heterocycles. The van der Waals surface area contributed by atoms with E-state index >= 15 is 0 Å². The average Bonchev–Trinajstić information content (AvgIpc) is 2.85. The van der Waals surface area contributed by atoms with Crippen molar-refractivity contribution >= 4 is 28.8 Å². The van der Waals surface area contributed by atoms with Crippen LogP contribution in [0.1, 0.15) is 16.3 Å². The highest BCUT2D eigenvalue weighted by atomic mass is 35.5. The number of aryl methyl sites for hydroxylation is 2. The Morgan fingerprint density at radius 3 is 2.74 bits per heavy atom. The van der Waals surface area contributed by atoms with Gasteiger partial charge in [0.05, 0.1) is 16.6 Å². The summed E-state index contributed by atoms with van der Waals surface area (Å²) in [5.41, 5.74) is 1.93. The zero-order valence-corrected chi connectivity index (χ0v) is 12.8. The van der Waals surface area contributed by atoms with Gasteiger partial charge < -0.3 is 4.90 Å². The second-order valence-electron chi connectivity index (χ2n) is 4.54. The molecule has 0 radical (unpaired) electrons. The van der Waals surface area contributed by atoms with Gasteiger partial charge >= 0.3 is 0 Å². The van der Waals surface area contributed by atoms with Crippen LogP contribution in [-0.2, 0) is 17.9 Å². The number of nitrogens with zero attached hydrogens (tertiary/aromatic N) is 3. The molecule has 0 saturated carbocycles. The molecule has 0 N–H and O–H groups in total. The van der Waals surface area contributed by atoms with E-state index in [1.807, 2.05) is 32.0 Å². The molecule has 1 amide bonds. The maximum absolute atomic E-state index is 12.1. The summed E-state index contributed by atoms with van der Waals surface area (Å²) >= 11 is 7.37. The molecule has 6 heteroatoms. The fourth-order valence-corrected chi connectivity index (χ4v) is 2.98. The number of carbonyl (C=O) groups is 1. The normalized spacial score (nSPS) is 10.7. The molecule has 0 fully saturated rings. The summed E-state index contributed by atoms with van der Waals surface area (Å²) in [5.74, 6) is 0.0377. The molecule has 0 spiro atoms. The first kappa shape index (κ1) is 14.1. The molecule has 0 atom stereocenters. The van der Waals surface area contributed by atoms with Crippen molar-refractivity contribution in [2.45, 2.75) is 26.9 Å². The van der Waals surface area contributed by atoms with Crippen LogP contribution in [0.15, 0.2) is 18.2 Å². The van der Waals surface area contributed by atoms with Crippen LogP contribution in [0.5, 0.6) is 0 Å². The lowest BCUT2D eigenvalue weighted by Crippen LogP contribution is -2.30. The Hall–Kier alpha value is -1.33. The van der Waals surface area contributed by atoms with E-state index in [0.717, 1.165) is 20.6 Å². The van der Waals surface area contributed by atoms with E-state index in [-0.39, 0.29) is 12.5 Å². The SMILES string of the molecule is Cc1cc(C)n(CC(=O)N(C)Cc2ccc(Cl)s2)n1. The Kier molecular flexibility index (Phi) is 4.27. The Bertz CT molecular complexity index is 590. The Labute approximate surface area is 121 Å². The Balaban J connectivity index is 1.97. The zero-order chi connectivity index (χ0) is 14.0. The lowest BCUT2D eigenvalue weighted by Gasteiger charge is -2.16. The topological polar surface area (TPSA) is 38.1 Å². The number of amides is 1. The molecular weight excluding hydrogens is 282 g/mol. The van der Waals surface area contributed by atoms with Crippen molar-refractivity contribution in [1.29, 1.82) is 0 Å². The van der Waals surface area contributed by atoms with Crippen LogP contribution < -0.4 is 0 Å². The molecule has 2 aromatic rings. The van der Waals surface area contributed by atoms with Crippen molar-refractivity contribution in [2.75, 3.05) is 7.05 Å². The molecule has 0 aliphatic rings. The van der Waals surface area contributed by atoms with E-state index in [0.29, 0.717) is 6.54 Å². The van der Waals surface area contributed by atoms with Crippen molar-refractivity contribution in [3.63, 3.8) is 0 Å². The van der Waals surface area contributed by atoms with Crippen LogP contribution in [0.3, 0.4) is 0 Å². The smallest absolute Gasteiger partial charge is 0.244 e. The molecular formula is C13H16ClN3OS. The van der Waals surface area contributed by atoms with Crippen LogP contribution >= 0.6 is 22.9 Å². The predicted molar refractivity (Wildman–Crippen MR) is 77.5 cm³/mol. The molecule has 0 unspecified atom stereocenters. The van der Waals surface area contributed by atoms with Crippen LogP contribution in [-0.4, -0.2) is 27.6 Å². The van der Waals surface area contributed by atoms with Gasteiger partial charge in [0.25, 0.3) is 0 Å². The maximum atomic E-state index is 12.1. The number of halogens is 1. The van der Waals surface area contributed by atoms with Gasteiger partial charge in [0, 0.05) is 17.6 Å². The quantitative estimate of drug-likeness (QED) is 0.870. The van der Waals surface area contributed by atoms with Gasteiger partial charge in [0.15, 0.2) is 0 Å². The highest BCUT2D eigenvalue weighted by molar-refractivity contribution is 7.16. The summed E-state index contributed by atoms with van der Waals surface area (Å²) in [4.78, 5) is 14.9. The average molecular weight is 298 g/mol. The molecule has 2 aromatic heterocycles. The van der Waals surface area contributed by atoms with Gasteiger partial charge in [-0.15, -0.1) is 11.3 Å². The summed E-state index contributed by atoms with van der Waals surface area (Å²) in [7, 11) is 1.79. The number of thiophene rings is 1. The fourth-order valence-electron chi connectivity index (χ4n) is 1.84. The zero-order valence-electron chi connectivity index (χ0n) is 11.2. The highest BCUT2D eigenvalue weighted by Gasteiger charge is 2.13. The van der Waals surface area contributed by atoms with Crippen molar-refractivity contribution in [1.82, 2.24) is 14.7 Å². The second kappa shape index (κ2) is 5.75. The van der Waals surface area contributed by atoms with E-state index in [4.69, 9.17) is 11.6 Å². The van der Waals surface area contributed by atoms with Crippen LogP contribution in [0.4, 0.5) is 0 Å². The molecule has 0 aromatic carbocycles. The minimum absolute atomic E-state index is 0.0377. The van der Waals surface area contributed by atoms with Gasteiger partial charge in [-0.2, -0.15) is 5.10 Å². The molecule has 102 valence electrons. The van der Waals surface area contributed by atoms with Crippen molar-refractivity contribution < 1.29 is 4.79 Å². The summed E-state index contributed by atoms with van der Waals surface area (Å²) in [6.07, 6.45) is 0. The summed E-state index contributed by atoms with van der Waals surface area (Å²) < 4.78 is 2.48. The number of hydrogen-bond acceptors (Lipinski definition) is 3. The van der Waals surface area contributed by atoms with Crippen molar-refractivity contribution in [3.8, 4) is 0 Å². The maximum Gasteiger partial charge on any atom is 0.244 e. The lowest BCUT2D eigenvalue weighted by molar-refractivity contribution is -0.131. The van der Waals surface area contributed by atoms with Gasteiger partial charge in [-0.1, -0.05) is 11.6 Å². The van der Waals surface area contributed by atoms with Gasteiger partial charge in [0.1, 0.15) is 6.54 Å². The van der Waals surface area contributed by atoms with E-state index in [2.05, 4.69) is 5.10 Å². The van der Waals surface area contributed by atoms with E-state index in [1.54, 1.807) is 16.6 Å². The Morgan fingerprint density at radius 2 is 2.21 bits per heavy atom. The highest BCUT2D eigenvalue weighted by Crippen LogP contribution is 2.22. The minimum Gasteiger partial charge on any atom is -0.339 e. The van der Waals surface area contributed by atoms with Crippen LogP contribution in [0.25, 0.3) is 0 Å². The van der Waals surface area contributed by atoms with E-state index in [1.165, 1.54) is 11.3 Å². The molecule has 0 saturated heterocycles. The molecule has 0 aliphatic heterocycles. The number of likely N-dealkylation sites (N-methyl/N-ethyl adjacent to an activating group) is 1. The first-order valence-corrected chi connectivity index (χ1v) is 7.14.